The lowest BCUT2D eigenvalue weighted by Gasteiger charge is -2.52. The summed E-state index contributed by atoms with van der Waals surface area (Å²) in [6.07, 6.45) is 6.28. The summed E-state index contributed by atoms with van der Waals surface area (Å²) in [7, 11) is 0. The van der Waals surface area contributed by atoms with Crippen LogP contribution in [-0.4, -0.2) is 29.7 Å². The fourth-order valence-electron chi connectivity index (χ4n) is 3.35. The lowest BCUT2D eigenvalue weighted by Crippen LogP contribution is -2.49. The molecule has 3 nitrogen and oxygen atoms in total. The van der Waals surface area contributed by atoms with Crippen molar-refractivity contribution in [3.8, 4) is 0 Å². The van der Waals surface area contributed by atoms with E-state index in [0.29, 0.717) is 5.41 Å². The molecule has 0 aromatic rings. The number of likely N-dealkylation sites (tertiary alicyclic amines) is 1. The van der Waals surface area contributed by atoms with Gasteiger partial charge in [0.25, 0.3) is 0 Å². The monoisotopic (exact) mass is 283 g/mol. The van der Waals surface area contributed by atoms with Crippen LogP contribution in [0.3, 0.4) is 0 Å². The molecule has 2 aliphatic rings. The predicted molar refractivity (Wildman–Crippen MR) is 83.8 cm³/mol. The van der Waals surface area contributed by atoms with Gasteiger partial charge >= 0.3 is 6.09 Å². The summed E-state index contributed by atoms with van der Waals surface area (Å²) in [5, 5.41) is 0. The minimum atomic E-state index is -0.379. The van der Waals surface area contributed by atoms with Crippen LogP contribution in [0.1, 0.15) is 73.6 Å². The van der Waals surface area contributed by atoms with E-state index >= 15 is 0 Å². The maximum atomic E-state index is 12.0. The van der Waals surface area contributed by atoms with Gasteiger partial charge in [-0.2, -0.15) is 0 Å². The molecule has 2 fully saturated rings. The molecule has 20 heavy (non-hydrogen) atoms. The highest BCUT2D eigenvalue weighted by Crippen LogP contribution is 2.53. The van der Waals surface area contributed by atoms with Gasteiger partial charge in [0.2, 0.25) is 0 Å². The molecule has 0 N–H and O–H groups in total. The Hall–Kier alpha value is -0.730. The Morgan fingerprint density at radius 1 is 1.20 bits per heavy atom. The zero-order valence-corrected chi connectivity index (χ0v) is 14.3. The molecule has 1 heterocycles. The Labute approximate surface area is 125 Å². The molecule has 118 valence electrons. The summed E-state index contributed by atoms with van der Waals surface area (Å²) < 4.78 is 5.43. The first-order valence-corrected chi connectivity index (χ1v) is 8.31. The van der Waals surface area contributed by atoms with Crippen LogP contribution in [0, 0.1) is 11.3 Å². The molecule has 1 spiro atoms. The summed E-state index contributed by atoms with van der Waals surface area (Å²) >= 11 is 0. The molecular weight excluding hydrogens is 250 g/mol. The minimum absolute atomic E-state index is 0.135. The van der Waals surface area contributed by atoms with Gasteiger partial charge < -0.3 is 9.64 Å². The van der Waals surface area contributed by atoms with E-state index in [-0.39, 0.29) is 11.7 Å². The van der Waals surface area contributed by atoms with E-state index in [1.807, 2.05) is 39.5 Å². The van der Waals surface area contributed by atoms with Gasteiger partial charge in [-0.1, -0.05) is 27.2 Å². The highest BCUT2D eigenvalue weighted by molar-refractivity contribution is 5.68. The highest BCUT2D eigenvalue weighted by Gasteiger charge is 2.45. The fourth-order valence-corrected chi connectivity index (χ4v) is 3.35. The van der Waals surface area contributed by atoms with E-state index in [9.17, 15) is 4.79 Å². The molecule has 1 amide bonds. The maximum Gasteiger partial charge on any atom is 0.410 e. The van der Waals surface area contributed by atoms with Crippen LogP contribution in [0.4, 0.5) is 4.79 Å². The van der Waals surface area contributed by atoms with Gasteiger partial charge in [-0.3, -0.25) is 0 Å². The first-order valence-electron chi connectivity index (χ1n) is 8.31. The maximum absolute atomic E-state index is 12.0. The number of amides is 1. The average molecular weight is 283 g/mol. The molecule has 1 saturated heterocycles. The summed E-state index contributed by atoms with van der Waals surface area (Å²) in [6.45, 7) is 13.8. The zero-order chi connectivity index (χ0) is 15.4. The summed E-state index contributed by atoms with van der Waals surface area (Å²) in [4.78, 5) is 13.8. The summed E-state index contributed by atoms with van der Waals surface area (Å²) in [5.74, 6) is 0.943. The summed E-state index contributed by atoms with van der Waals surface area (Å²) in [6, 6.07) is 0. The largest absolute Gasteiger partial charge is 0.444 e. The Morgan fingerprint density at radius 2 is 1.70 bits per heavy atom. The molecule has 0 radical (unpaired) electrons. The summed E-state index contributed by atoms with van der Waals surface area (Å²) in [5.41, 5.74) is 0.190. The molecule has 1 saturated carbocycles. The molecule has 3 heteroatoms. The van der Waals surface area contributed by atoms with E-state index in [1.165, 1.54) is 32.1 Å². The number of carbonyl (C=O) groups excluding carboxylic acids is 1. The Morgan fingerprint density at radius 3 is 2.10 bits per heavy atom. The zero-order valence-electron chi connectivity index (χ0n) is 14.3. The quantitative estimate of drug-likeness (QED) is 0.688. The van der Waals surface area contributed by atoms with Crippen LogP contribution in [0.5, 0.6) is 0 Å². The van der Waals surface area contributed by atoms with Gasteiger partial charge in [0.1, 0.15) is 5.60 Å². The number of nitrogens with zero attached hydrogens (tertiary/aromatic N) is 1. The van der Waals surface area contributed by atoms with Crippen LogP contribution in [0.2, 0.25) is 0 Å². The molecule has 1 aliphatic heterocycles. The minimum Gasteiger partial charge on any atom is -0.444 e. The van der Waals surface area contributed by atoms with E-state index in [1.54, 1.807) is 0 Å². The van der Waals surface area contributed by atoms with Crippen LogP contribution >= 0.6 is 0 Å². The van der Waals surface area contributed by atoms with Crippen molar-refractivity contribution in [1.29, 1.82) is 0 Å². The van der Waals surface area contributed by atoms with Crippen LogP contribution in [0.15, 0.2) is 0 Å². The number of carbonyl (C=O) groups is 1. The van der Waals surface area contributed by atoms with Crippen LogP contribution < -0.4 is 0 Å². The van der Waals surface area contributed by atoms with Gasteiger partial charge in [-0.05, 0) is 57.8 Å². The molecule has 0 bridgehead atoms. The number of rotatable bonds is 1. The van der Waals surface area contributed by atoms with E-state index in [0.717, 1.165) is 19.0 Å². The van der Waals surface area contributed by atoms with Crippen molar-refractivity contribution < 1.29 is 9.53 Å². The van der Waals surface area contributed by atoms with Crippen molar-refractivity contribution >= 4 is 6.09 Å². The number of piperidine rings is 1. The van der Waals surface area contributed by atoms with Crippen molar-refractivity contribution in [2.75, 3.05) is 13.1 Å². The highest BCUT2D eigenvalue weighted by atomic mass is 16.6. The molecule has 2 rings (SSSR count). The second-order valence-corrected chi connectivity index (χ2v) is 7.15. The SMILES string of the molecule is CC.CCC1CC2(CCN(C(=O)OC(C)(C)C)CC2)C1. The second kappa shape index (κ2) is 6.82. The third kappa shape index (κ3) is 4.39. The van der Waals surface area contributed by atoms with Gasteiger partial charge in [0, 0.05) is 13.1 Å². The van der Waals surface area contributed by atoms with Crippen molar-refractivity contribution in [1.82, 2.24) is 4.90 Å². The first-order chi connectivity index (χ1) is 9.34. The number of hydrogen-bond acceptors (Lipinski definition) is 2. The van der Waals surface area contributed by atoms with Crippen LogP contribution in [0.25, 0.3) is 0 Å². The fraction of sp³-hybridized carbons (Fsp3) is 0.941. The van der Waals surface area contributed by atoms with Crippen LogP contribution in [-0.2, 0) is 4.74 Å². The smallest absolute Gasteiger partial charge is 0.410 e. The van der Waals surface area contributed by atoms with Gasteiger partial charge in [-0.25, -0.2) is 4.79 Å². The number of ether oxygens (including phenoxy) is 1. The standard InChI is InChI=1S/C15H27NO2.C2H6/c1-5-12-10-15(11-12)6-8-16(9-7-15)13(17)18-14(2,3)4;1-2/h12H,5-11H2,1-4H3;1-2H3. The second-order valence-electron chi connectivity index (χ2n) is 7.15. The molecule has 1 aliphatic carbocycles. The van der Waals surface area contributed by atoms with Crippen molar-refractivity contribution in [2.24, 2.45) is 11.3 Å². The van der Waals surface area contributed by atoms with E-state index in [4.69, 9.17) is 4.74 Å². The van der Waals surface area contributed by atoms with Gasteiger partial charge in [-0.15, -0.1) is 0 Å². The normalized spacial score (nSPS) is 21.8. The first kappa shape index (κ1) is 17.3. The van der Waals surface area contributed by atoms with E-state index < -0.39 is 0 Å². The van der Waals surface area contributed by atoms with Gasteiger partial charge in [0.15, 0.2) is 0 Å². The van der Waals surface area contributed by atoms with E-state index in [2.05, 4.69) is 6.92 Å². The Bertz CT molecular complexity index is 303. The third-order valence-corrected chi connectivity index (χ3v) is 4.50. The van der Waals surface area contributed by atoms with Gasteiger partial charge in [0.05, 0.1) is 0 Å². The Kier molecular flexibility index (Phi) is 5.91. The topological polar surface area (TPSA) is 29.5 Å². The van der Waals surface area contributed by atoms with Crippen molar-refractivity contribution in [3.63, 3.8) is 0 Å². The Balaban J connectivity index is 0.000000956. The third-order valence-electron chi connectivity index (χ3n) is 4.50. The lowest BCUT2D eigenvalue weighted by molar-refractivity contribution is -0.0279. The average Bonchev–Trinajstić information content (AvgIpc) is 2.36. The molecule has 0 aromatic heterocycles. The number of hydrogen-bond donors (Lipinski definition) is 0. The molecule has 0 aromatic carbocycles. The molecule has 0 atom stereocenters. The lowest BCUT2D eigenvalue weighted by atomic mass is 9.57. The predicted octanol–water partition coefficient (Wildman–Crippen LogP) is 4.85. The van der Waals surface area contributed by atoms with Crippen molar-refractivity contribution in [2.45, 2.75) is 79.2 Å². The molecular formula is C17H33NO2. The molecule has 0 unspecified atom stereocenters. The van der Waals surface area contributed by atoms with Crippen molar-refractivity contribution in [3.05, 3.63) is 0 Å².